The zero-order valence-corrected chi connectivity index (χ0v) is 16.3. The molecule has 0 spiro atoms. The molecule has 10 heteroatoms. The third-order valence-electron chi connectivity index (χ3n) is 4.66. The van der Waals surface area contributed by atoms with Crippen molar-refractivity contribution >= 4 is 33.0 Å². The van der Waals surface area contributed by atoms with Gasteiger partial charge in [0.2, 0.25) is 10.0 Å². The maximum atomic E-state index is 12.7. The van der Waals surface area contributed by atoms with E-state index in [9.17, 15) is 13.2 Å². The minimum absolute atomic E-state index is 0.156. The number of hydrogen-bond donors (Lipinski definition) is 1. The number of fused-ring (bicyclic) bond motifs is 1. The summed E-state index contributed by atoms with van der Waals surface area (Å²) in [7, 11) is -3.23. The molecule has 1 fully saturated rings. The molecule has 3 aromatic rings. The first kappa shape index (κ1) is 18.4. The van der Waals surface area contributed by atoms with Crippen LogP contribution in [-0.4, -0.2) is 46.4 Å². The van der Waals surface area contributed by atoms with Crippen molar-refractivity contribution in [2.75, 3.05) is 21.9 Å². The van der Waals surface area contributed by atoms with Crippen molar-refractivity contribution in [1.82, 2.24) is 19.8 Å². The minimum atomic E-state index is -3.23. The Balaban J connectivity index is 1.56. The Kier molecular flexibility index (Phi) is 4.50. The molecule has 1 aliphatic heterocycles. The lowest BCUT2D eigenvalue weighted by atomic mass is 10.0. The second kappa shape index (κ2) is 6.86. The average molecular weight is 400 g/mol. The van der Waals surface area contributed by atoms with Gasteiger partial charge >= 0.3 is 0 Å². The smallest absolute Gasteiger partial charge is 0.276 e. The van der Waals surface area contributed by atoms with Crippen molar-refractivity contribution in [1.29, 1.82) is 0 Å². The molecule has 0 radical (unpaired) electrons. The Labute approximate surface area is 162 Å². The van der Waals surface area contributed by atoms with Crippen LogP contribution in [0, 0.1) is 0 Å². The van der Waals surface area contributed by atoms with Gasteiger partial charge in [-0.25, -0.2) is 8.42 Å². The van der Waals surface area contributed by atoms with Gasteiger partial charge in [0.25, 0.3) is 5.91 Å². The zero-order chi connectivity index (χ0) is 19.9. The fourth-order valence-corrected chi connectivity index (χ4v) is 4.79. The summed E-state index contributed by atoms with van der Waals surface area (Å²) in [6.45, 7) is 4.50. The van der Waals surface area contributed by atoms with Gasteiger partial charge < -0.3 is 5.32 Å². The topological polar surface area (TPSA) is 110 Å². The van der Waals surface area contributed by atoms with Crippen LogP contribution >= 0.6 is 0 Å². The molecule has 0 saturated carbocycles. The zero-order valence-electron chi connectivity index (χ0n) is 15.5. The van der Waals surface area contributed by atoms with E-state index in [1.165, 1.54) is 15.1 Å². The number of benzene rings is 1. The summed E-state index contributed by atoms with van der Waals surface area (Å²) in [5, 5.41) is 15.0. The second-order valence-electron chi connectivity index (χ2n) is 6.98. The van der Waals surface area contributed by atoms with Gasteiger partial charge in [-0.2, -0.15) is 9.61 Å². The number of carbonyl (C=O) groups excluding carboxylic acids is 1. The van der Waals surface area contributed by atoms with Gasteiger partial charge in [0, 0.05) is 17.8 Å². The second-order valence-corrected chi connectivity index (χ2v) is 8.99. The Hall–Kier alpha value is -3.01. The predicted molar refractivity (Wildman–Crippen MR) is 105 cm³/mol. The molecule has 28 heavy (non-hydrogen) atoms. The number of sulfonamides is 1. The van der Waals surface area contributed by atoms with Gasteiger partial charge in [-0.05, 0) is 42.7 Å². The van der Waals surface area contributed by atoms with E-state index in [-0.39, 0.29) is 23.3 Å². The first-order valence-electron chi connectivity index (χ1n) is 8.98. The molecule has 0 aliphatic carbocycles. The van der Waals surface area contributed by atoms with Crippen LogP contribution in [0.2, 0.25) is 0 Å². The van der Waals surface area contributed by atoms with Crippen LogP contribution in [0.4, 0.5) is 11.4 Å². The van der Waals surface area contributed by atoms with Gasteiger partial charge in [0.15, 0.2) is 5.65 Å². The van der Waals surface area contributed by atoms with E-state index < -0.39 is 10.0 Å². The summed E-state index contributed by atoms with van der Waals surface area (Å²) in [6.07, 6.45) is 2.08. The molecule has 0 unspecified atom stereocenters. The van der Waals surface area contributed by atoms with E-state index >= 15 is 0 Å². The summed E-state index contributed by atoms with van der Waals surface area (Å²) in [5.41, 5.74) is 2.92. The van der Waals surface area contributed by atoms with Crippen LogP contribution in [0.3, 0.4) is 0 Å². The Morgan fingerprint density at radius 1 is 1.21 bits per heavy atom. The maximum absolute atomic E-state index is 12.7. The fraction of sp³-hybridized carbons (Fsp3) is 0.333. The molecule has 1 aliphatic rings. The molecule has 1 N–H and O–H groups in total. The highest BCUT2D eigenvalue weighted by Gasteiger charge is 2.28. The lowest BCUT2D eigenvalue weighted by Gasteiger charge is -2.17. The van der Waals surface area contributed by atoms with Crippen LogP contribution < -0.4 is 9.62 Å². The third-order valence-corrected chi connectivity index (χ3v) is 6.53. The van der Waals surface area contributed by atoms with Crippen LogP contribution in [0.1, 0.15) is 42.2 Å². The molecular formula is C18H20N6O3S. The van der Waals surface area contributed by atoms with E-state index in [0.717, 1.165) is 5.56 Å². The Bertz CT molecular complexity index is 1140. The molecule has 146 valence electrons. The monoisotopic (exact) mass is 400 g/mol. The molecule has 1 aromatic carbocycles. The number of amides is 1. The number of hydrogen-bond acceptors (Lipinski definition) is 6. The number of nitrogens with one attached hydrogen (secondary N) is 1. The third kappa shape index (κ3) is 3.31. The highest BCUT2D eigenvalue weighted by atomic mass is 32.2. The highest BCUT2D eigenvalue weighted by molar-refractivity contribution is 7.93. The number of carbonyl (C=O) groups is 1. The van der Waals surface area contributed by atoms with Gasteiger partial charge in [-0.15, -0.1) is 10.2 Å². The SMILES string of the molecule is CC(C)c1cc(C(=O)Nc2ccc(N3CCCS3(=O)=O)cc2)nn2cnnc12. The van der Waals surface area contributed by atoms with Crippen molar-refractivity contribution < 1.29 is 13.2 Å². The minimum Gasteiger partial charge on any atom is -0.321 e. The van der Waals surface area contributed by atoms with Gasteiger partial charge in [0.05, 0.1) is 11.4 Å². The van der Waals surface area contributed by atoms with Crippen molar-refractivity contribution in [3.05, 3.63) is 47.9 Å². The first-order chi connectivity index (χ1) is 13.3. The van der Waals surface area contributed by atoms with E-state index in [1.54, 1.807) is 30.3 Å². The normalized spacial score (nSPS) is 16.0. The largest absolute Gasteiger partial charge is 0.321 e. The van der Waals surface area contributed by atoms with Crippen molar-refractivity contribution in [2.24, 2.45) is 0 Å². The van der Waals surface area contributed by atoms with E-state index in [4.69, 9.17) is 0 Å². The summed E-state index contributed by atoms with van der Waals surface area (Å²) < 4.78 is 26.9. The summed E-state index contributed by atoms with van der Waals surface area (Å²) >= 11 is 0. The predicted octanol–water partition coefficient (Wildman–Crippen LogP) is 2.04. The number of aromatic nitrogens is 4. The van der Waals surface area contributed by atoms with Crippen LogP contribution in [0.5, 0.6) is 0 Å². The van der Waals surface area contributed by atoms with Crippen molar-refractivity contribution in [3.63, 3.8) is 0 Å². The summed E-state index contributed by atoms with van der Waals surface area (Å²) in [4.78, 5) is 12.7. The van der Waals surface area contributed by atoms with E-state index in [1.807, 2.05) is 13.8 Å². The fourth-order valence-electron chi connectivity index (χ4n) is 3.22. The van der Waals surface area contributed by atoms with Crippen LogP contribution in [0.25, 0.3) is 5.65 Å². The number of rotatable bonds is 4. The van der Waals surface area contributed by atoms with Gasteiger partial charge in [0.1, 0.15) is 12.0 Å². The number of nitrogens with zero attached hydrogens (tertiary/aromatic N) is 5. The first-order valence-corrected chi connectivity index (χ1v) is 10.6. The lowest BCUT2D eigenvalue weighted by molar-refractivity contribution is 0.102. The standard InChI is InChI=1S/C18H20N6O3S/c1-12(2)15-10-16(22-23-11-19-21-17(15)23)18(25)20-13-4-6-14(7-5-13)24-8-3-9-28(24,26)27/h4-7,10-12H,3,8-9H2,1-2H3,(H,20,25). The Morgan fingerprint density at radius 3 is 2.61 bits per heavy atom. The summed E-state index contributed by atoms with van der Waals surface area (Å²) in [5.74, 6) is -0.0389. The number of anilines is 2. The van der Waals surface area contributed by atoms with Gasteiger partial charge in [-0.1, -0.05) is 13.8 Å². The molecule has 2 aromatic heterocycles. The molecule has 3 heterocycles. The molecule has 9 nitrogen and oxygen atoms in total. The van der Waals surface area contributed by atoms with Gasteiger partial charge in [-0.3, -0.25) is 9.10 Å². The van der Waals surface area contributed by atoms with E-state index in [0.29, 0.717) is 30.0 Å². The lowest BCUT2D eigenvalue weighted by Crippen LogP contribution is -2.25. The molecule has 0 atom stereocenters. The molecule has 4 rings (SSSR count). The maximum Gasteiger partial charge on any atom is 0.276 e. The summed E-state index contributed by atoms with van der Waals surface area (Å²) in [6, 6.07) is 8.46. The molecule has 1 saturated heterocycles. The quantitative estimate of drug-likeness (QED) is 0.718. The van der Waals surface area contributed by atoms with E-state index in [2.05, 4.69) is 20.6 Å². The van der Waals surface area contributed by atoms with Crippen molar-refractivity contribution in [3.8, 4) is 0 Å². The molecule has 1 amide bonds. The molecular weight excluding hydrogens is 380 g/mol. The average Bonchev–Trinajstić information content (AvgIpc) is 3.27. The van der Waals surface area contributed by atoms with Crippen LogP contribution in [-0.2, 0) is 10.0 Å². The Morgan fingerprint density at radius 2 is 1.96 bits per heavy atom. The highest BCUT2D eigenvalue weighted by Crippen LogP contribution is 2.25. The molecule has 0 bridgehead atoms. The van der Waals surface area contributed by atoms with Crippen molar-refractivity contribution in [2.45, 2.75) is 26.2 Å². The van der Waals surface area contributed by atoms with Crippen LogP contribution in [0.15, 0.2) is 36.7 Å².